The molecule has 0 heterocycles. The van der Waals surface area contributed by atoms with E-state index in [1.54, 1.807) is 0 Å². The minimum atomic E-state index is -0.535. The molecule has 1 aliphatic carbocycles. The molecule has 1 amide bonds. The van der Waals surface area contributed by atoms with Crippen molar-refractivity contribution in [3.8, 4) is 5.75 Å². The van der Waals surface area contributed by atoms with E-state index < -0.39 is 6.04 Å². The molecule has 116 valence electrons. The van der Waals surface area contributed by atoms with Crippen molar-refractivity contribution >= 4 is 11.6 Å². The minimum Gasteiger partial charge on any atom is -0.490 e. The Kier molecular flexibility index (Phi) is 4.88. The van der Waals surface area contributed by atoms with Crippen LogP contribution in [0.1, 0.15) is 46.5 Å². The third-order valence-electron chi connectivity index (χ3n) is 3.94. The van der Waals surface area contributed by atoms with Gasteiger partial charge in [0.25, 0.3) is 0 Å². The second-order valence-electron chi connectivity index (χ2n) is 6.88. The minimum absolute atomic E-state index is 0.160. The first-order chi connectivity index (χ1) is 9.86. The molecule has 0 spiro atoms. The van der Waals surface area contributed by atoms with Crippen LogP contribution in [0.15, 0.2) is 24.3 Å². The summed E-state index contributed by atoms with van der Waals surface area (Å²) in [6, 6.07) is 6.98. The lowest BCUT2D eigenvalue weighted by atomic mass is 9.87. The maximum absolute atomic E-state index is 12.1. The Morgan fingerprint density at radius 1 is 1.24 bits per heavy atom. The van der Waals surface area contributed by atoms with Crippen LogP contribution in [0.3, 0.4) is 0 Å². The summed E-state index contributed by atoms with van der Waals surface area (Å²) in [5, 5.41) is 2.85. The second kappa shape index (κ2) is 6.48. The predicted octanol–water partition coefficient (Wildman–Crippen LogP) is 3.32. The van der Waals surface area contributed by atoms with E-state index in [1.807, 2.05) is 45.0 Å². The van der Waals surface area contributed by atoms with Gasteiger partial charge < -0.3 is 15.8 Å². The van der Waals surface area contributed by atoms with Crippen LogP contribution < -0.4 is 15.8 Å². The maximum Gasteiger partial charge on any atom is 0.241 e. The molecule has 1 fully saturated rings. The molecule has 0 bridgehead atoms. The van der Waals surface area contributed by atoms with Gasteiger partial charge in [0.2, 0.25) is 5.91 Å². The molecule has 1 aliphatic rings. The molecule has 0 unspecified atom stereocenters. The Hall–Kier alpha value is -1.55. The molecule has 4 heteroatoms. The van der Waals surface area contributed by atoms with E-state index in [1.165, 1.54) is 12.8 Å². The highest BCUT2D eigenvalue weighted by Gasteiger charge is 2.27. The first-order valence-corrected chi connectivity index (χ1v) is 7.69. The van der Waals surface area contributed by atoms with E-state index in [0.29, 0.717) is 6.10 Å². The van der Waals surface area contributed by atoms with Gasteiger partial charge in [-0.05, 0) is 55.4 Å². The molecule has 0 aromatic heterocycles. The van der Waals surface area contributed by atoms with Gasteiger partial charge in [-0.25, -0.2) is 0 Å². The van der Waals surface area contributed by atoms with E-state index >= 15 is 0 Å². The summed E-state index contributed by atoms with van der Waals surface area (Å²) in [5.41, 5.74) is 6.44. The zero-order valence-corrected chi connectivity index (χ0v) is 13.2. The molecule has 4 nitrogen and oxygen atoms in total. The molecular formula is C17H26N2O2. The fourth-order valence-corrected chi connectivity index (χ4v) is 2.43. The Bertz CT molecular complexity index is 471. The monoisotopic (exact) mass is 290 g/mol. The van der Waals surface area contributed by atoms with Crippen molar-refractivity contribution in [2.75, 3.05) is 5.32 Å². The van der Waals surface area contributed by atoms with Gasteiger partial charge in [0, 0.05) is 5.69 Å². The van der Waals surface area contributed by atoms with E-state index in [0.717, 1.165) is 24.3 Å². The number of ether oxygens (including phenoxy) is 1. The summed E-state index contributed by atoms with van der Waals surface area (Å²) in [6.45, 7) is 5.86. The van der Waals surface area contributed by atoms with Crippen LogP contribution in [0, 0.1) is 5.41 Å². The molecule has 0 saturated heterocycles. The molecule has 3 N–H and O–H groups in total. The molecule has 1 aromatic carbocycles. The molecule has 1 saturated carbocycles. The molecular weight excluding hydrogens is 264 g/mol. The normalized spacial score (nSPS) is 17.5. The van der Waals surface area contributed by atoms with Crippen molar-refractivity contribution in [1.29, 1.82) is 0 Å². The van der Waals surface area contributed by atoms with Crippen LogP contribution in [0.4, 0.5) is 5.69 Å². The van der Waals surface area contributed by atoms with Gasteiger partial charge in [-0.3, -0.25) is 4.79 Å². The molecule has 1 aromatic rings. The van der Waals surface area contributed by atoms with Crippen LogP contribution in [-0.4, -0.2) is 18.1 Å². The second-order valence-corrected chi connectivity index (χ2v) is 6.88. The summed E-state index contributed by atoms with van der Waals surface area (Å²) >= 11 is 0. The molecule has 21 heavy (non-hydrogen) atoms. The van der Waals surface area contributed by atoms with Crippen LogP contribution >= 0.6 is 0 Å². The lowest BCUT2D eigenvalue weighted by Gasteiger charge is -2.25. The molecule has 0 radical (unpaired) electrons. The third kappa shape index (κ3) is 4.46. The van der Waals surface area contributed by atoms with E-state index in [-0.39, 0.29) is 11.3 Å². The van der Waals surface area contributed by atoms with Gasteiger partial charge in [0.1, 0.15) is 5.75 Å². The smallest absolute Gasteiger partial charge is 0.241 e. The highest BCUT2D eigenvalue weighted by molar-refractivity contribution is 5.95. The van der Waals surface area contributed by atoms with E-state index in [2.05, 4.69) is 5.32 Å². The number of anilines is 1. The van der Waals surface area contributed by atoms with Gasteiger partial charge in [0.05, 0.1) is 12.1 Å². The van der Waals surface area contributed by atoms with Crippen LogP contribution in [-0.2, 0) is 4.79 Å². The van der Waals surface area contributed by atoms with Gasteiger partial charge in [-0.15, -0.1) is 0 Å². The quantitative estimate of drug-likeness (QED) is 0.894. The summed E-state index contributed by atoms with van der Waals surface area (Å²) < 4.78 is 5.90. The Morgan fingerprint density at radius 3 is 2.33 bits per heavy atom. The topological polar surface area (TPSA) is 64.4 Å². The number of hydrogen-bond donors (Lipinski definition) is 2. The van der Waals surface area contributed by atoms with Gasteiger partial charge in [-0.2, -0.15) is 0 Å². The lowest BCUT2D eigenvalue weighted by Crippen LogP contribution is -2.45. The number of hydrogen-bond acceptors (Lipinski definition) is 3. The van der Waals surface area contributed by atoms with Crippen molar-refractivity contribution in [1.82, 2.24) is 0 Å². The third-order valence-corrected chi connectivity index (χ3v) is 3.94. The summed E-state index contributed by atoms with van der Waals surface area (Å²) in [4.78, 5) is 12.1. The predicted molar refractivity (Wildman–Crippen MR) is 85.4 cm³/mol. The van der Waals surface area contributed by atoms with Crippen LogP contribution in [0.5, 0.6) is 5.75 Å². The maximum atomic E-state index is 12.1. The van der Waals surface area contributed by atoms with Crippen molar-refractivity contribution < 1.29 is 9.53 Å². The first kappa shape index (κ1) is 15.8. The van der Waals surface area contributed by atoms with Gasteiger partial charge in [-0.1, -0.05) is 20.8 Å². The number of nitrogens with one attached hydrogen (secondary N) is 1. The zero-order chi connectivity index (χ0) is 15.5. The number of carbonyl (C=O) groups is 1. The fourth-order valence-electron chi connectivity index (χ4n) is 2.43. The van der Waals surface area contributed by atoms with Crippen LogP contribution in [0.25, 0.3) is 0 Å². The average Bonchev–Trinajstić information content (AvgIpc) is 2.92. The average molecular weight is 290 g/mol. The van der Waals surface area contributed by atoms with Crippen molar-refractivity contribution in [2.45, 2.75) is 58.6 Å². The highest BCUT2D eigenvalue weighted by Crippen LogP contribution is 2.25. The number of amides is 1. The van der Waals surface area contributed by atoms with Gasteiger partial charge in [0.15, 0.2) is 0 Å². The SMILES string of the molecule is CC(C)(C)[C@@H](N)C(=O)Nc1ccc(OC2CCCC2)cc1. The summed E-state index contributed by atoms with van der Waals surface area (Å²) in [7, 11) is 0. The van der Waals surface area contributed by atoms with E-state index in [9.17, 15) is 4.79 Å². The Morgan fingerprint density at radius 2 is 1.81 bits per heavy atom. The Balaban J connectivity index is 1.91. The standard InChI is InChI=1S/C17H26N2O2/c1-17(2,3)15(18)16(20)19-12-8-10-14(11-9-12)21-13-6-4-5-7-13/h8-11,13,15H,4-7,18H2,1-3H3,(H,19,20)/t15-/m0/s1. The Labute approximate surface area is 127 Å². The van der Waals surface area contributed by atoms with E-state index in [4.69, 9.17) is 10.5 Å². The number of benzene rings is 1. The zero-order valence-electron chi connectivity index (χ0n) is 13.2. The number of carbonyl (C=O) groups excluding carboxylic acids is 1. The largest absolute Gasteiger partial charge is 0.490 e. The number of nitrogens with two attached hydrogens (primary N) is 1. The molecule has 0 aliphatic heterocycles. The number of rotatable bonds is 4. The molecule has 1 atom stereocenters. The van der Waals surface area contributed by atoms with Gasteiger partial charge >= 0.3 is 0 Å². The van der Waals surface area contributed by atoms with Crippen molar-refractivity contribution in [2.24, 2.45) is 11.1 Å². The summed E-state index contributed by atoms with van der Waals surface area (Å²) in [6.07, 6.45) is 5.13. The first-order valence-electron chi connectivity index (χ1n) is 7.69. The van der Waals surface area contributed by atoms with Crippen molar-refractivity contribution in [3.63, 3.8) is 0 Å². The fraction of sp³-hybridized carbons (Fsp3) is 0.588. The lowest BCUT2D eigenvalue weighted by molar-refractivity contribution is -0.119. The molecule has 2 rings (SSSR count). The highest BCUT2D eigenvalue weighted by atomic mass is 16.5. The summed E-state index contributed by atoms with van der Waals surface area (Å²) in [5.74, 6) is 0.701. The van der Waals surface area contributed by atoms with Crippen molar-refractivity contribution in [3.05, 3.63) is 24.3 Å². The van der Waals surface area contributed by atoms with Crippen LogP contribution in [0.2, 0.25) is 0 Å².